The number of hydrogen-bond donors (Lipinski definition) is 1. The molecule has 2 aromatic carbocycles. The molecule has 6 heteroatoms. The number of hydrogen-bond acceptors (Lipinski definition) is 2. The summed E-state index contributed by atoms with van der Waals surface area (Å²) < 4.78 is 31.6. The molecule has 0 aliphatic rings. The van der Waals surface area contributed by atoms with E-state index in [1.54, 1.807) is 18.2 Å². The van der Waals surface area contributed by atoms with E-state index in [-0.39, 0.29) is 12.3 Å². The Bertz CT molecular complexity index is 677. The van der Waals surface area contributed by atoms with Crippen LogP contribution >= 0.6 is 11.6 Å². The molecule has 0 saturated heterocycles. The Labute approximate surface area is 125 Å². The maximum Gasteiger partial charge on any atom is 0.262 e. The highest BCUT2D eigenvalue weighted by Gasteiger charge is 2.10. The van der Waals surface area contributed by atoms with Gasteiger partial charge in [0.1, 0.15) is 17.4 Å². The molecule has 1 N–H and O–H groups in total. The summed E-state index contributed by atoms with van der Waals surface area (Å²) in [6.07, 6.45) is 0. The number of benzene rings is 2. The Balaban J connectivity index is 1.99. The van der Waals surface area contributed by atoms with Crippen molar-refractivity contribution in [2.45, 2.75) is 6.92 Å². The first kappa shape index (κ1) is 15.3. The van der Waals surface area contributed by atoms with Crippen LogP contribution in [0.1, 0.15) is 5.56 Å². The van der Waals surface area contributed by atoms with Gasteiger partial charge in [0, 0.05) is 6.07 Å². The Morgan fingerprint density at radius 2 is 2.00 bits per heavy atom. The Hall–Kier alpha value is -2.14. The molecule has 21 heavy (non-hydrogen) atoms. The maximum atomic E-state index is 13.4. The van der Waals surface area contributed by atoms with E-state index in [0.717, 1.165) is 23.8 Å². The van der Waals surface area contributed by atoms with Crippen molar-refractivity contribution < 1.29 is 18.3 Å². The molecule has 1 amide bonds. The molecule has 0 fully saturated rings. The van der Waals surface area contributed by atoms with Gasteiger partial charge < -0.3 is 10.1 Å². The summed E-state index contributed by atoms with van der Waals surface area (Å²) in [6.45, 7) is 1.49. The van der Waals surface area contributed by atoms with Gasteiger partial charge in [-0.2, -0.15) is 0 Å². The fourth-order valence-electron chi connectivity index (χ4n) is 1.64. The molecule has 3 nitrogen and oxygen atoms in total. The lowest BCUT2D eigenvalue weighted by Gasteiger charge is -2.10. The molecule has 0 heterocycles. The van der Waals surface area contributed by atoms with Gasteiger partial charge in [-0.1, -0.05) is 17.7 Å². The standard InChI is InChI=1S/C15H12ClF2NO2/c1-9-2-4-11(16)14(6-9)21-8-15(20)19-13-7-10(17)3-5-12(13)18/h2-7H,8H2,1H3,(H,19,20). The first-order valence-corrected chi connectivity index (χ1v) is 6.47. The van der Waals surface area contributed by atoms with Crippen LogP contribution in [0.5, 0.6) is 5.75 Å². The van der Waals surface area contributed by atoms with Crippen molar-refractivity contribution in [1.82, 2.24) is 0 Å². The smallest absolute Gasteiger partial charge is 0.262 e. The van der Waals surface area contributed by atoms with Crippen molar-refractivity contribution >= 4 is 23.2 Å². The molecule has 0 aromatic heterocycles. The van der Waals surface area contributed by atoms with E-state index in [4.69, 9.17) is 16.3 Å². The number of nitrogens with one attached hydrogen (secondary N) is 1. The SMILES string of the molecule is Cc1ccc(Cl)c(OCC(=O)Nc2cc(F)ccc2F)c1. The summed E-state index contributed by atoms with van der Waals surface area (Å²) >= 11 is 5.92. The summed E-state index contributed by atoms with van der Waals surface area (Å²) in [7, 11) is 0. The second-order valence-electron chi connectivity index (χ2n) is 4.39. The fraction of sp³-hybridized carbons (Fsp3) is 0.133. The molecule has 0 atom stereocenters. The van der Waals surface area contributed by atoms with Crippen LogP contribution in [0.3, 0.4) is 0 Å². The van der Waals surface area contributed by atoms with Crippen LogP contribution in [0, 0.1) is 18.6 Å². The molecular weight excluding hydrogens is 300 g/mol. The molecule has 110 valence electrons. The van der Waals surface area contributed by atoms with Crippen LogP contribution in [0.4, 0.5) is 14.5 Å². The molecule has 0 aliphatic carbocycles. The van der Waals surface area contributed by atoms with E-state index >= 15 is 0 Å². The third-order valence-electron chi connectivity index (χ3n) is 2.65. The van der Waals surface area contributed by atoms with Crippen molar-refractivity contribution in [3.8, 4) is 5.75 Å². The lowest BCUT2D eigenvalue weighted by molar-refractivity contribution is -0.118. The molecule has 0 unspecified atom stereocenters. The summed E-state index contributed by atoms with van der Waals surface area (Å²) in [5.41, 5.74) is 0.685. The number of ether oxygens (including phenoxy) is 1. The Morgan fingerprint density at radius 3 is 2.76 bits per heavy atom. The number of halogens is 3. The molecule has 2 aromatic rings. The minimum atomic E-state index is -0.724. The van der Waals surface area contributed by atoms with E-state index in [2.05, 4.69) is 5.32 Å². The molecule has 0 spiro atoms. The third-order valence-corrected chi connectivity index (χ3v) is 2.96. The first-order valence-electron chi connectivity index (χ1n) is 6.09. The van der Waals surface area contributed by atoms with Crippen molar-refractivity contribution in [2.75, 3.05) is 11.9 Å². The average Bonchev–Trinajstić information content (AvgIpc) is 2.44. The highest BCUT2D eigenvalue weighted by molar-refractivity contribution is 6.32. The van der Waals surface area contributed by atoms with Crippen LogP contribution in [0.2, 0.25) is 5.02 Å². The van der Waals surface area contributed by atoms with Crippen LogP contribution in [-0.2, 0) is 4.79 Å². The zero-order valence-corrected chi connectivity index (χ0v) is 11.9. The van der Waals surface area contributed by atoms with Gasteiger partial charge in [-0.05, 0) is 36.8 Å². The molecular formula is C15H12ClF2NO2. The van der Waals surface area contributed by atoms with Gasteiger partial charge in [-0.15, -0.1) is 0 Å². The number of aryl methyl sites for hydroxylation is 1. The van der Waals surface area contributed by atoms with Crippen molar-refractivity contribution in [3.63, 3.8) is 0 Å². The predicted molar refractivity (Wildman–Crippen MR) is 76.7 cm³/mol. The number of rotatable bonds is 4. The number of carbonyl (C=O) groups excluding carboxylic acids is 1. The summed E-state index contributed by atoms with van der Waals surface area (Å²) in [6, 6.07) is 7.93. The van der Waals surface area contributed by atoms with Crippen LogP contribution in [0.15, 0.2) is 36.4 Å². The lowest BCUT2D eigenvalue weighted by Crippen LogP contribution is -2.21. The zero-order chi connectivity index (χ0) is 15.4. The van der Waals surface area contributed by atoms with Crippen LogP contribution in [-0.4, -0.2) is 12.5 Å². The maximum absolute atomic E-state index is 13.4. The van der Waals surface area contributed by atoms with Gasteiger partial charge in [0.15, 0.2) is 6.61 Å². The summed E-state index contributed by atoms with van der Waals surface area (Å²) in [5, 5.41) is 2.60. The highest BCUT2D eigenvalue weighted by atomic mass is 35.5. The Kier molecular flexibility index (Phi) is 4.75. The van der Waals surface area contributed by atoms with E-state index in [0.29, 0.717) is 10.8 Å². The van der Waals surface area contributed by atoms with E-state index < -0.39 is 17.5 Å². The second-order valence-corrected chi connectivity index (χ2v) is 4.80. The van der Waals surface area contributed by atoms with Crippen LogP contribution < -0.4 is 10.1 Å². The number of anilines is 1. The van der Waals surface area contributed by atoms with Crippen molar-refractivity contribution in [3.05, 3.63) is 58.6 Å². The largest absolute Gasteiger partial charge is 0.482 e. The topological polar surface area (TPSA) is 38.3 Å². The molecule has 0 bridgehead atoms. The summed E-state index contributed by atoms with van der Waals surface area (Å²) in [5.74, 6) is -1.63. The minimum Gasteiger partial charge on any atom is -0.482 e. The minimum absolute atomic E-state index is 0.237. The van der Waals surface area contributed by atoms with Gasteiger partial charge in [-0.25, -0.2) is 8.78 Å². The van der Waals surface area contributed by atoms with Gasteiger partial charge >= 0.3 is 0 Å². The van der Waals surface area contributed by atoms with E-state index in [1.165, 1.54) is 0 Å². The molecule has 0 saturated carbocycles. The first-order chi connectivity index (χ1) is 9.95. The average molecular weight is 312 g/mol. The fourth-order valence-corrected chi connectivity index (χ4v) is 1.82. The highest BCUT2D eigenvalue weighted by Crippen LogP contribution is 2.25. The molecule has 2 rings (SSSR count). The van der Waals surface area contributed by atoms with Crippen molar-refractivity contribution in [1.29, 1.82) is 0 Å². The quantitative estimate of drug-likeness (QED) is 0.928. The predicted octanol–water partition coefficient (Wildman–Crippen LogP) is 3.94. The third kappa shape index (κ3) is 4.16. The molecule has 0 radical (unpaired) electrons. The number of amides is 1. The second kappa shape index (κ2) is 6.54. The van der Waals surface area contributed by atoms with E-state index in [9.17, 15) is 13.6 Å². The zero-order valence-electron chi connectivity index (χ0n) is 11.1. The number of carbonyl (C=O) groups is 1. The van der Waals surface area contributed by atoms with Crippen molar-refractivity contribution in [2.24, 2.45) is 0 Å². The van der Waals surface area contributed by atoms with Gasteiger partial charge in [0.2, 0.25) is 0 Å². The van der Waals surface area contributed by atoms with E-state index in [1.807, 2.05) is 6.92 Å². The van der Waals surface area contributed by atoms with Crippen LogP contribution in [0.25, 0.3) is 0 Å². The lowest BCUT2D eigenvalue weighted by atomic mass is 10.2. The van der Waals surface area contributed by atoms with Gasteiger partial charge in [-0.3, -0.25) is 4.79 Å². The molecule has 0 aliphatic heterocycles. The monoisotopic (exact) mass is 311 g/mol. The van der Waals surface area contributed by atoms with Gasteiger partial charge in [0.05, 0.1) is 10.7 Å². The van der Waals surface area contributed by atoms with Gasteiger partial charge in [0.25, 0.3) is 5.91 Å². The normalized spacial score (nSPS) is 10.3. The Morgan fingerprint density at radius 1 is 1.24 bits per heavy atom. The summed E-state index contributed by atoms with van der Waals surface area (Å²) in [4.78, 5) is 11.7.